The van der Waals surface area contributed by atoms with Crippen molar-refractivity contribution in [2.24, 2.45) is 23.2 Å². The summed E-state index contributed by atoms with van der Waals surface area (Å²) < 4.78 is 38.8. The van der Waals surface area contributed by atoms with Crippen molar-refractivity contribution in [3.8, 4) is 57.1 Å². The number of hydrogen-bond donors (Lipinski definition) is 20. The van der Waals surface area contributed by atoms with E-state index in [1.807, 2.05) is 13.8 Å². The van der Waals surface area contributed by atoms with Gasteiger partial charge in [-0.25, -0.2) is 4.79 Å². The standard InChI is InChI=1S/C66H77Cl2N11O23/c1-23(2)12-34(72-5)58(89)78-49-51(84)26-7-10-38(32(67)14-26)98-40-16-28-17-41(55(40)102-65-56(54(87)53(86)42(100-65)22-73-71)101-44-21-66(4,70)57(88)24(3)97-44)99-39-11-8-27(15-33(39)68)52(85)50-63(94)77-48(64(95)96)31-18-29(80)19-37(82)45(31)30-13-25(6-9-36(30)81)46(60(91)79-50)76-61(92)47(28)75-59(90)35(20-43(69)83)74-62(49)93/h6-11,13-19,23-24,34-35,42,44,46-54,56-57,65,72-73,80-82,84-88H,12,20-22,70-71H2,1-5H3,(H2,69,83)(H,74,93)(H,75,90)(H,76,92)(H,77,94)(H,78,89)(H,79,91)(H,95,96)/t24?,34-,35-,42?,44?,46?,47+,48+,49+,50-,51+,52+,53?,54?,56?,57?,65?,66?/m0/s1. The molecule has 0 spiro atoms. The third-order valence-electron chi connectivity index (χ3n) is 17.9. The number of hydrogen-bond acceptors (Lipinski definition) is 26. The van der Waals surface area contributed by atoms with E-state index in [2.05, 4.69) is 42.6 Å². The van der Waals surface area contributed by atoms with Crippen LogP contribution in [0.25, 0.3) is 11.1 Å². The number of carbonyl (C=O) groups excluding carboxylic acids is 7. The van der Waals surface area contributed by atoms with Gasteiger partial charge in [0.15, 0.2) is 29.9 Å². The van der Waals surface area contributed by atoms with Crippen LogP contribution in [0.1, 0.15) is 105 Å². The highest BCUT2D eigenvalue weighted by atomic mass is 35.5. The predicted molar refractivity (Wildman–Crippen MR) is 354 cm³/mol. The van der Waals surface area contributed by atoms with Gasteiger partial charge in [-0.05, 0) is 110 Å². The van der Waals surface area contributed by atoms with E-state index in [1.165, 1.54) is 33.0 Å². The first kappa shape index (κ1) is 75.4. The second-order valence-electron chi connectivity index (χ2n) is 25.9. The molecule has 11 bridgehead atoms. The molecule has 5 aromatic rings. The Kier molecular flexibility index (Phi) is 22.7. The SMILES string of the molecule is CN[C@@H](CC(C)C)C(=O)N[C@H]1C(=O)N[C@@H](CC(N)=O)C(=O)N[C@H]2C(=O)NC3C(=O)N[C@H](C(=O)N[C@@H](C(=O)O)c4cc(O)cc(O)c4-c4cc3ccc4O)[C@H](O)c3ccc(c(Cl)c3)Oc3cc2cc(c3OC2OC(CNN)C(O)C(O)C2OC2CC(C)(N)C(O)C(C)O2)Oc2ccc(cc2Cl)[C@H]1O. The molecular formula is C66H77Cl2N11O23. The fourth-order valence-electron chi connectivity index (χ4n) is 12.6. The first-order valence-corrected chi connectivity index (χ1v) is 32.7. The predicted octanol–water partition coefficient (Wildman–Crippen LogP) is -0.423. The van der Waals surface area contributed by atoms with Crippen molar-refractivity contribution in [2.45, 2.75) is 156 Å². The number of halogens is 2. The number of hydrazine groups is 1. The first-order valence-electron chi connectivity index (χ1n) is 31.9. The highest BCUT2D eigenvalue weighted by Crippen LogP contribution is 2.50. The van der Waals surface area contributed by atoms with Crippen LogP contribution >= 0.6 is 23.2 Å². The third-order valence-corrected chi connectivity index (χ3v) is 18.5. The van der Waals surface area contributed by atoms with E-state index in [1.54, 1.807) is 0 Å². The molecular weight excluding hydrogens is 1390 g/mol. The van der Waals surface area contributed by atoms with Gasteiger partial charge in [0.25, 0.3) is 0 Å². The lowest BCUT2D eigenvalue weighted by Crippen LogP contribution is -2.65. The number of nitrogens with two attached hydrogens (primary N) is 3. The highest BCUT2D eigenvalue weighted by molar-refractivity contribution is 6.32. The summed E-state index contributed by atoms with van der Waals surface area (Å²) in [6, 6.07) is -0.485. The van der Waals surface area contributed by atoms with Crippen LogP contribution in [-0.4, -0.2) is 186 Å². The van der Waals surface area contributed by atoms with Gasteiger partial charge in [0.1, 0.15) is 89.5 Å². The maximum Gasteiger partial charge on any atom is 0.330 e. The summed E-state index contributed by atoms with van der Waals surface area (Å²) in [6.45, 7) is 6.29. The molecule has 0 radical (unpaired) electrons. The van der Waals surface area contributed by atoms with Gasteiger partial charge in [0, 0.05) is 41.3 Å². The normalized spacial score (nSPS) is 29.3. The van der Waals surface area contributed by atoms with E-state index in [-0.39, 0.29) is 58.5 Å². The Morgan fingerprint density at radius 1 is 0.716 bits per heavy atom. The molecule has 7 amide bonds. The molecule has 23 N–H and O–H groups in total. The number of aliphatic hydroxyl groups excluding tert-OH is 5. The number of carboxylic acids is 1. The quantitative estimate of drug-likeness (QED) is 0.0496. The van der Waals surface area contributed by atoms with Crippen molar-refractivity contribution in [3.63, 3.8) is 0 Å². The van der Waals surface area contributed by atoms with Crippen molar-refractivity contribution >= 4 is 70.5 Å². The molecule has 548 valence electrons. The number of ether oxygens (including phenoxy) is 6. The second-order valence-corrected chi connectivity index (χ2v) is 26.8. The molecule has 0 aromatic heterocycles. The molecule has 2 fully saturated rings. The van der Waals surface area contributed by atoms with E-state index >= 15 is 14.4 Å². The van der Waals surface area contributed by atoms with Crippen molar-refractivity contribution in [2.75, 3.05) is 13.6 Å². The molecule has 34 nitrogen and oxygen atoms in total. The molecule has 0 saturated carbocycles. The van der Waals surface area contributed by atoms with Crippen LogP contribution in [0.15, 0.2) is 78.9 Å². The fraction of sp³-hybridized carbons (Fsp3) is 0.424. The number of amides is 7. The number of aromatic hydroxyl groups is 3. The Hall–Kier alpha value is -9.24. The number of rotatable bonds is 14. The number of fused-ring (bicyclic) bond motifs is 15. The first-order chi connectivity index (χ1) is 48.2. The lowest BCUT2D eigenvalue weighted by atomic mass is 9.86. The Labute approximate surface area is 590 Å². The minimum Gasteiger partial charge on any atom is -0.508 e. The van der Waals surface area contributed by atoms with Gasteiger partial charge in [-0.2, -0.15) is 0 Å². The van der Waals surface area contributed by atoms with E-state index in [4.69, 9.17) is 68.9 Å². The summed E-state index contributed by atoms with van der Waals surface area (Å²) in [6.07, 6.45) is -18.0. The van der Waals surface area contributed by atoms with E-state index < -0.39 is 225 Å². The maximum atomic E-state index is 16.1. The van der Waals surface area contributed by atoms with Gasteiger partial charge in [0.05, 0.1) is 34.7 Å². The summed E-state index contributed by atoms with van der Waals surface area (Å²) in [7, 11) is 1.48. The zero-order chi connectivity index (χ0) is 74.2. The molecule has 102 heavy (non-hydrogen) atoms. The number of carbonyl (C=O) groups is 8. The van der Waals surface area contributed by atoms with Crippen molar-refractivity contribution < 1.29 is 113 Å². The van der Waals surface area contributed by atoms with Crippen LogP contribution in [0, 0.1) is 5.92 Å². The minimum absolute atomic E-state index is 0.0948. The monoisotopic (exact) mass is 1460 g/mol. The number of carboxylic acid groups (broad SMARTS) is 1. The van der Waals surface area contributed by atoms with E-state index in [9.17, 15) is 69.9 Å². The Bertz CT molecular complexity index is 4100. The van der Waals surface area contributed by atoms with E-state index in [0.29, 0.717) is 0 Å². The number of aliphatic carboxylic acids is 1. The number of phenolic OH excluding ortho intramolecular Hbond substituents is 3. The number of likely N-dealkylation sites (N-methyl/N-ethyl adjacent to an activating group) is 1. The average molecular weight is 1460 g/mol. The summed E-state index contributed by atoms with van der Waals surface area (Å²) in [5.41, 5.74) is 10.5. The number of phenols is 3. The van der Waals surface area contributed by atoms with Crippen LogP contribution in [0.4, 0.5) is 0 Å². The van der Waals surface area contributed by atoms with Gasteiger partial charge < -0.3 is 123 Å². The van der Waals surface area contributed by atoms with Gasteiger partial charge in [-0.1, -0.05) is 55.2 Å². The van der Waals surface area contributed by atoms with Crippen molar-refractivity contribution in [1.29, 1.82) is 0 Å². The molecule has 2 saturated heterocycles. The van der Waals surface area contributed by atoms with Crippen LogP contribution in [0.2, 0.25) is 10.0 Å². The molecule has 7 heterocycles. The van der Waals surface area contributed by atoms with Crippen LogP contribution in [0.3, 0.4) is 0 Å². The van der Waals surface area contributed by atoms with Gasteiger partial charge >= 0.3 is 5.97 Å². The smallest absolute Gasteiger partial charge is 0.330 e. The highest BCUT2D eigenvalue weighted by Gasteiger charge is 2.51. The topological polar surface area (TPSA) is 548 Å². The third kappa shape index (κ3) is 16.0. The molecule has 12 rings (SSSR count). The Balaban J connectivity index is 1.24. The van der Waals surface area contributed by atoms with Crippen molar-refractivity contribution in [3.05, 3.63) is 117 Å². The molecule has 0 aliphatic carbocycles. The summed E-state index contributed by atoms with van der Waals surface area (Å²) in [5, 5.41) is 120. The minimum atomic E-state index is -2.33. The molecule has 5 aromatic carbocycles. The zero-order valence-corrected chi connectivity index (χ0v) is 56.5. The molecule has 7 aliphatic heterocycles. The molecule has 36 heteroatoms. The Morgan fingerprint density at radius 2 is 1.32 bits per heavy atom. The van der Waals surface area contributed by atoms with Gasteiger partial charge in [-0.15, -0.1) is 0 Å². The number of aliphatic hydroxyl groups is 5. The maximum absolute atomic E-state index is 16.1. The van der Waals surface area contributed by atoms with Crippen LogP contribution in [0.5, 0.6) is 46.0 Å². The molecule has 18 atom stereocenters. The Morgan fingerprint density at radius 3 is 1.91 bits per heavy atom. The number of nitrogens with one attached hydrogen (secondary N) is 8. The lowest BCUT2D eigenvalue weighted by molar-refractivity contribution is -0.330. The zero-order valence-electron chi connectivity index (χ0n) is 55.0. The summed E-state index contributed by atoms with van der Waals surface area (Å²) >= 11 is 14.2. The van der Waals surface area contributed by atoms with Crippen LogP contribution < -0.4 is 74.2 Å². The van der Waals surface area contributed by atoms with Crippen LogP contribution in [-0.2, 0) is 52.6 Å². The summed E-state index contributed by atoms with van der Waals surface area (Å²) in [5.74, 6) is -10.0. The second kappa shape index (κ2) is 30.8. The number of primary amides is 1. The number of benzene rings is 5. The average Bonchev–Trinajstić information content (AvgIpc) is 0.768. The van der Waals surface area contributed by atoms with E-state index in [0.717, 1.165) is 66.7 Å². The summed E-state index contributed by atoms with van der Waals surface area (Å²) in [4.78, 5) is 117. The van der Waals surface area contributed by atoms with Gasteiger partial charge in [0.2, 0.25) is 53.4 Å². The van der Waals surface area contributed by atoms with Crippen molar-refractivity contribution in [1.82, 2.24) is 42.6 Å². The molecule has 7 aliphatic rings. The fourth-order valence-corrected chi connectivity index (χ4v) is 13.1. The van der Waals surface area contributed by atoms with Gasteiger partial charge in [-0.3, -0.25) is 44.8 Å². The lowest BCUT2D eigenvalue weighted by Gasteiger charge is -2.47. The molecule has 10 unspecified atom stereocenters. The largest absolute Gasteiger partial charge is 0.508 e.